The predicted molar refractivity (Wildman–Crippen MR) is 78.7 cm³/mol. The van der Waals surface area contributed by atoms with E-state index in [1.165, 1.54) is 18.6 Å². The van der Waals surface area contributed by atoms with Gasteiger partial charge in [0.15, 0.2) is 0 Å². The molecule has 1 fully saturated rings. The highest BCUT2D eigenvalue weighted by Crippen LogP contribution is 2.23. The molecule has 20 heavy (non-hydrogen) atoms. The minimum atomic E-state index is -1.00. The van der Waals surface area contributed by atoms with E-state index in [9.17, 15) is 9.59 Å². The number of piperidine rings is 1. The van der Waals surface area contributed by atoms with Crippen LogP contribution in [0.4, 0.5) is 10.5 Å². The molecule has 1 saturated heterocycles. The number of carbonyl (C=O) groups is 2. The predicted octanol–water partition coefficient (Wildman–Crippen LogP) is 2.67. The summed E-state index contributed by atoms with van der Waals surface area (Å²) < 4.78 is 0.534. The number of carboxylic acid groups (broad SMARTS) is 1. The van der Waals surface area contributed by atoms with Crippen molar-refractivity contribution in [2.45, 2.75) is 19.3 Å². The van der Waals surface area contributed by atoms with Gasteiger partial charge < -0.3 is 10.4 Å². The Morgan fingerprint density at radius 2 is 1.90 bits per heavy atom. The zero-order valence-corrected chi connectivity index (χ0v) is 12.4. The van der Waals surface area contributed by atoms with Crippen LogP contribution in [0.1, 0.15) is 29.6 Å². The number of urea groups is 1. The first-order valence-electron chi connectivity index (χ1n) is 6.41. The third-order valence-corrected chi connectivity index (χ3v) is 3.74. The molecule has 0 spiro atoms. The summed E-state index contributed by atoms with van der Waals surface area (Å²) in [5.41, 5.74) is 3.48. The summed E-state index contributed by atoms with van der Waals surface area (Å²) in [4.78, 5) is 22.7. The van der Waals surface area contributed by atoms with Crippen molar-refractivity contribution in [3.05, 3.63) is 28.2 Å². The number of benzene rings is 1. The maximum Gasteiger partial charge on any atom is 0.335 e. The van der Waals surface area contributed by atoms with E-state index in [4.69, 9.17) is 5.11 Å². The molecule has 1 aliphatic heterocycles. The highest BCUT2D eigenvalue weighted by Gasteiger charge is 2.14. The third-order valence-electron chi connectivity index (χ3n) is 3.08. The maximum atomic E-state index is 11.9. The van der Waals surface area contributed by atoms with E-state index in [0.29, 0.717) is 10.2 Å². The van der Waals surface area contributed by atoms with Crippen LogP contribution in [-0.4, -0.2) is 35.2 Å². The number of hydrazine groups is 1. The van der Waals surface area contributed by atoms with Crippen molar-refractivity contribution < 1.29 is 14.7 Å². The molecule has 0 aliphatic carbocycles. The van der Waals surface area contributed by atoms with Gasteiger partial charge in [0.25, 0.3) is 0 Å². The lowest BCUT2D eigenvalue weighted by molar-refractivity contribution is 0.0697. The lowest BCUT2D eigenvalue weighted by Gasteiger charge is -2.26. The standard InChI is InChI=1S/C13H16BrN3O3/c14-10-8-9(12(18)19)4-5-11(10)15-13(20)16-17-6-2-1-3-7-17/h4-5,8H,1-3,6-7H2,(H,18,19)(H2,15,16,20). The van der Waals surface area contributed by atoms with E-state index in [-0.39, 0.29) is 11.6 Å². The highest BCUT2D eigenvalue weighted by atomic mass is 79.9. The van der Waals surface area contributed by atoms with Gasteiger partial charge in [0, 0.05) is 17.6 Å². The Hall–Kier alpha value is -1.60. The Balaban J connectivity index is 1.95. The summed E-state index contributed by atoms with van der Waals surface area (Å²) >= 11 is 3.25. The summed E-state index contributed by atoms with van der Waals surface area (Å²) in [6.07, 6.45) is 3.36. The smallest absolute Gasteiger partial charge is 0.335 e. The second kappa shape index (κ2) is 6.71. The Labute approximate surface area is 125 Å². The van der Waals surface area contributed by atoms with Gasteiger partial charge >= 0.3 is 12.0 Å². The van der Waals surface area contributed by atoms with Crippen LogP contribution in [0, 0.1) is 0 Å². The fourth-order valence-electron chi connectivity index (χ4n) is 2.05. The second-order valence-corrected chi connectivity index (χ2v) is 5.47. The molecule has 1 heterocycles. The first-order chi connectivity index (χ1) is 9.56. The van der Waals surface area contributed by atoms with Crippen molar-refractivity contribution in [2.75, 3.05) is 18.4 Å². The molecule has 7 heteroatoms. The number of carbonyl (C=O) groups excluding carboxylic acids is 1. The molecular weight excluding hydrogens is 326 g/mol. The topological polar surface area (TPSA) is 81.7 Å². The molecule has 0 saturated carbocycles. The fraction of sp³-hybridized carbons (Fsp3) is 0.385. The Kier molecular flexibility index (Phi) is 4.97. The molecular formula is C13H16BrN3O3. The van der Waals surface area contributed by atoms with Crippen LogP contribution in [0.2, 0.25) is 0 Å². The molecule has 0 unspecified atom stereocenters. The van der Waals surface area contributed by atoms with Crippen LogP contribution in [0.15, 0.2) is 22.7 Å². The Morgan fingerprint density at radius 1 is 1.20 bits per heavy atom. The normalized spacial score (nSPS) is 15.7. The van der Waals surface area contributed by atoms with Crippen LogP contribution in [0.25, 0.3) is 0 Å². The molecule has 0 radical (unpaired) electrons. The molecule has 1 aromatic rings. The van der Waals surface area contributed by atoms with E-state index in [0.717, 1.165) is 25.9 Å². The quantitative estimate of drug-likeness (QED) is 0.789. The van der Waals surface area contributed by atoms with Crippen molar-refractivity contribution in [3.63, 3.8) is 0 Å². The van der Waals surface area contributed by atoms with Gasteiger partial charge in [-0.05, 0) is 47.0 Å². The number of halogens is 1. The number of amides is 2. The fourth-order valence-corrected chi connectivity index (χ4v) is 2.53. The SMILES string of the molecule is O=C(Nc1ccc(C(=O)O)cc1Br)NN1CCCCC1. The van der Waals surface area contributed by atoms with E-state index in [1.807, 2.05) is 5.01 Å². The lowest BCUT2D eigenvalue weighted by atomic mass is 10.2. The second-order valence-electron chi connectivity index (χ2n) is 4.61. The molecule has 108 valence electrons. The minimum Gasteiger partial charge on any atom is -0.478 e. The van der Waals surface area contributed by atoms with Crippen molar-refractivity contribution in [1.82, 2.24) is 10.4 Å². The highest BCUT2D eigenvalue weighted by molar-refractivity contribution is 9.10. The van der Waals surface area contributed by atoms with Gasteiger partial charge in [0.05, 0.1) is 11.3 Å². The monoisotopic (exact) mass is 341 g/mol. The number of carboxylic acids is 1. The Bertz CT molecular complexity index is 516. The van der Waals surface area contributed by atoms with Gasteiger partial charge in [0.1, 0.15) is 0 Å². The van der Waals surface area contributed by atoms with Crippen molar-refractivity contribution in [3.8, 4) is 0 Å². The van der Waals surface area contributed by atoms with Crippen LogP contribution in [-0.2, 0) is 0 Å². The first-order valence-corrected chi connectivity index (χ1v) is 7.21. The third kappa shape index (κ3) is 3.94. The molecule has 6 nitrogen and oxygen atoms in total. The number of rotatable bonds is 3. The van der Waals surface area contributed by atoms with Gasteiger partial charge in [-0.2, -0.15) is 0 Å². The summed E-state index contributed by atoms with van der Waals surface area (Å²) in [7, 11) is 0. The summed E-state index contributed by atoms with van der Waals surface area (Å²) in [6, 6.07) is 4.14. The number of nitrogens with zero attached hydrogens (tertiary/aromatic N) is 1. The van der Waals surface area contributed by atoms with Crippen LogP contribution >= 0.6 is 15.9 Å². The summed E-state index contributed by atoms with van der Waals surface area (Å²) in [6.45, 7) is 1.71. The first kappa shape index (κ1) is 14.8. The molecule has 0 bridgehead atoms. The van der Waals surface area contributed by atoms with E-state index in [2.05, 4.69) is 26.7 Å². The number of hydrogen-bond acceptors (Lipinski definition) is 3. The summed E-state index contributed by atoms with van der Waals surface area (Å²) in [5, 5.41) is 13.5. The van der Waals surface area contributed by atoms with E-state index < -0.39 is 5.97 Å². The zero-order valence-electron chi connectivity index (χ0n) is 10.9. The summed E-state index contributed by atoms with van der Waals surface area (Å²) in [5.74, 6) is -1.00. The van der Waals surface area contributed by atoms with Gasteiger partial charge in [-0.15, -0.1) is 0 Å². The number of aromatic carboxylic acids is 1. The van der Waals surface area contributed by atoms with Gasteiger partial charge in [-0.1, -0.05) is 6.42 Å². The van der Waals surface area contributed by atoms with E-state index >= 15 is 0 Å². The molecule has 1 aromatic carbocycles. The number of nitrogens with one attached hydrogen (secondary N) is 2. The Morgan fingerprint density at radius 3 is 2.50 bits per heavy atom. The van der Waals surface area contributed by atoms with Crippen molar-refractivity contribution in [1.29, 1.82) is 0 Å². The average molecular weight is 342 g/mol. The van der Waals surface area contributed by atoms with Gasteiger partial charge in [0.2, 0.25) is 0 Å². The largest absolute Gasteiger partial charge is 0.478 e. The van der Waals surface area contributed by atoms with Crippen LogP contribution in [0.3, 0.4) is 0 Å². The van der Waals surface area contributed by atoms with Crippen LogP contribution < -0.4 is 10.7 Å². The number of hydrogen-bond donors (Lipinski definition) is 3. The van der Waals surface area contributed by atoms with Crippen LogP contribution in [0.5, 0.6) is 0 Å². The minimum absolute atomic E-state index is 0.166. The van der Waals surface area contributed by atoms with E-state index in [1.54, 1.807) is 6.07 Å². The van der Waals surface area contributed by atoms with Gasteiger partial charge in [-0.3, -0.25) is 5.43 Å². The molecule has 3 N–H and O–H groups in total. The molecule has 0 atom stereocenters. The number of anilines is 1. The van der Waals surface area contributed by atoms with Crippen molar-refractivity contribution in [2.24, 2.45) is 0 Å². The molecule has 1 aliphatic rings. The zero-order chi connectivity index (χ0) is 14.5. The van der Waals surface area contributed by atoms with Crippen molar-refractivity contribution >= 4 is 33.6 Å². The lowest BCUT2D eigenvalue weighted by Crippen LogP contribution is -2.46. The van der Waals surface area contributed by atoms with Gasteiger partial charge in [-0.25, -0.2) is 14.6 Å². The molecule has 2 amide bonds. The molecule has 0 aromatic heterocycles. The maximum absolute atomic E-state index is 11.9. The molecule has 2 rings (SSSR count). The average Bonchev–Trinajstić information content (AvgIpc) is 2.42.